The minimum Gasteiger partial charge on any atom is -0.505 e. The van der Waals surface area contributed by atoms with Gasteiger partial charge in [0, 0.05) is 23.3 Å². The number of halogens is 2. The van der Waals surface area contributed by atoms with Crippen LogP contribution in [0.2, 0.25) is 10.0 Å². The molecule has 0 spiro atoms. The number of phenolic OH excluding ortho intramolecular Hbond substituents is 1. The van der Waals surface area contributed by atoms with Crippen LogP contribution in [0.25, 0.3) is 22.0 Å². The summed E-state index contributed by atoms with van der Waals surface area (Å²) in [4.78, 5) is 7.00. The Morgan fingerprint density at radius 1 is 1.09 bits per heavy atom. The summed E-state index contributed by atoms with van der Waals surface area (Å²) >= 11 is 12.4. The molecular weight excluding hydrogens is 453 g/mol. The molecule has 176 valence electrons. The topological polar surface area (TPSA) is 48.4 Å². The van der Waals surface area contributed by atoms with E-state index in [2.05, 4.69) is 37.3 Å². The summed E-state index contributed by atoms with van der Waals surface area (Å²) in [5.41, 5.74) is 5.26. The lowest BCUT2D eigenvalue weighted by molar-refractivity contribution is 0.279. The van der Waals surface area contributed by atoms with Crippen molar-refractivity contribution in [3.05, 3.63) is 52.1 Å². The molecule has 1 saturated carbocycles. The fourth-order valence-corrected chi connectivity index (χ4v) is 5.40. The van der Waals surface area contributed by atoms with Crippen LogP contribution in [-0.2, 0) is 6.42 Å². The number of rotatable bonds is 7. The average molecular weight is 486 g/mol. The highest BCUT2D eigenvalue weighted by molar-refractivity contribution is 6.37. The van der Waals surface area contributed by atoms with Gasteiger partial charge in [0.15, 0.2) is 5.75 Å². The third-order valence-electron chi connectivity index (χ3n) is 6.79. The van der Waals surface area contributed by atoms with Gasteiger partial charge in [-0.2, -0.15) is 0 Å². The van der Waals surface area contributed by atoms with Crippen LogP contribution < -0.4 is 5.32 Å². The van der Waals surface area contributed by atoms with Gasteiger partial charge in [-0.1, -0.05) is 49.0 Å². The van der Waals surface area contributed by atoms with Gasteiger partial charge in [0.2, 0.25) is 0 Å². The summed E-state index contributed by atoms with van der Waals surface area (Å²) < 4.78 is 0. The molecule has 1 aliphatic rings. The van der Waals surface area contributed by atoms with Gasteiger partial charge in [-0.3, -0.25) is 4.98 Å². The van der Waals surface area contributed by atoms with E-state index in [1.165, 1.54) is 43.4 Å². The number of anilines is 1. The van der Waals surface area contributed by atoms with Gasteiger partial charge in [-0.25, -0.2) is 0 Å². The number of hydrogen-bond acceptors (Lipinski definition) is 4. The predicted octanol–water partition coefficient (Wildman–Crippen LogP) is 7.40. The Bertz CT molecular complexity index is 1110. The van der Waals surface area contributed by atoms with E-state index in [1.54, 1.807) is 12.1 Å². The van der Waals surface area contributed by atoms with Crippen molar-refractivity contribution in [2.75, 3.05) is 26.0 Å². The Morgan fingerprint density at radius 3 is 2.55 bits per heavy atom. The van der Waals surface area contributed by atoms with Crippen LogP contribution in [0.15, 0.2) is 36.5 Å². The van der Waals surface area contributed by atoms with Crippen molar-refractivity contribution < 1.29 is 5.11 Å². The first-order chi connectivity index (χ1) is 15.9. The smallest absolute Gasteiger partial charge is 0.152 e. The summed E-state index contributed by atoms with van der Waals surface area (Å²) in [6.45, 7) is 3.33. The number of fused-ring (bicyclic) bond motifs is 1. The maximum atomic E-state index is 9.95. The molecular formula is C27H33Cl2N3O. The predicted molar refractivity (Wildman–Crippen MR) is 141 cm³/mol. The highest BCUT2D eigenvalue weighted by atomic mass is 35.5. The number of nitrogens with one attached hydrogen (secondary N) is 1. The highest BCUT2D eigenvalue weighted by Gasteiger charge is 2.23. The van der Waals surface area contributed by atoms with Crippen molar-refractivity contribution in [2.24, 2.45) is 5.92 Å². The van der Waals surface area contributed by atoms with Crippen LogP contribution in [-0.4, -0.2) is 41.7 Å². The SMILES string of the molecule is CCc1cnc2ccc(-c3cc(Cl)c(O)c(Cl)c3)cc2c1N[C@H]1CCC[C@H](CCN(C)C)C1. The lowest BCUT2D eigenvalue weighted by Gasteiger charge is -2.32. The second-order valence-electron chi connectivity index (χ2n) is 9.50. The molecule has 1 aliphatic carbocycles. The zero-order chi connectivity index (χ0) is 23.5. The first-order valence-electron chi connectivity index (χ1n) is 11.9. The number of aromatic nitrogens is 1. The normalized spacial score (nSPS) is 18.7. The number of pyridine rings is 1. The van der Waals surface area contributed by atoms with Crippen molar-refractivity contribution in [3.63, 3.8) is 0 Å². The van der Waals surface area contributed by atoms with E-state index in [1.807, 2.05) is 18.3 Å². The van der Waals surface area contributed by atoms with Gasteiger partial charge >= 0.3 is 0 Å². The molecule has 1 fully saturated rings. The number of hydrogen-bond donors (Lipinski definition) is 2. The maximum absolute atomic E-state index is 9.95. The van der Waals surface area contributed by atoms with Crippen LogP contribution in [0.5, 0.6) is 5.75 Å². The zero-order valence-electron chi connectivity index (χ0n) is 19.7. The summed E-state index contributed by atoms with van der Waals surface area (Å²) in [5, 5.41) is 15.5. The standard InChI is InChI=1S/C27H33Cl2N3O/c1-4-18-16-30-25-9-8-19(20-14-23(28)27(33)24(29)15-20)13-22(25)26(18)31-21-7-5-6-17(12-21)10-11-32(2)3/h8-9,13-17,21,33H,4-7,10-12H2,1-3H3,(H,30,31)/t17-,21+/m1/s1. The Morgan fingerprint density at radius 2 is 1.85 bits per heavy atom. The fraction of sp³-hybridized carbons (Fsp3) is 0.444. The van der Waals surface area contributed by atoms with Crippen LogP contribution >= 0.6 is 23.2 Å². The zero-order valence-corrected chi connectivity index (χ0v) is 21.2. The van der Waals surface area contributed by atoms with E-state index in [9.17, 15) is 5.11 Å². The van der Waals surface area contributed by atoms with E-state index in [0.29, 0.717) is 6.04 Å². The van der Waals surface area contributed by atoms with Crippen molar-refractivity contribution in [1.29, 1.82) is 0 Å². The average Bonchev–Trinajstić information content (AvgIpc) is 2.81. The van der Waals surface area contributed by atoms with Crippen molar-refractivity contribution in [1.82, 2.24) is 9.88 Å². The Labute approximate surface area is 206 Å². The molecule has 0 aliphatic heterocycles. The fourth-order valence-electron chi connectivity index (χ4n) is 4.91. The molecule has 0 bridgehead atoms. The van der Waals surface area contributed by atoms with Gasteiger partial charge in [0.05, 0.1) is 15.6 Å². The number of nitrogens with zero attached hydrogens (tertiary/aromatic N) is 2. The molecule has 2 N–H and O–H groups in total. The molecule has 0 unspecified atom stereocenters. The largest absolute Gasteiger partial charge is 0.505 e. The summed E-state index contributed by atoms with van der Waals surface area (Å²) in [5.74, 6) is 0.690. The first-order valence-corrected chi connectivity index (χ1v) is 12.6. The van der Waals surface area contributed by atoms with Crippen LogP contribution in [0.1, 0.15) is 44.6 Å². The van der Waals surface area contributed by atoms with Gasteiger partial charge in [-0.05, 0) is 93.2 Å². The lowest BCUT2D eigenvalue weighted by atomic mass is 9.83. The number of aryl methyl sites for hydroxylation is 1. The minimum absolute atomic E-state index is 0.0821. The van der Waals surface area contributed by atoms with E-state index < -0.39 is 0 Å². The third kappa shape index (κ3) is 5.56. The number of aromatic hydroxyl groups is 1. The molecule has 0 saturated heterocycles. The summed E-state index contributed by atoms with van der Waals surface area (Å²) in [6, 6.07) is 10.2. The van der Waals surface area contributed by atoms with Crippen LogP contribution in [0.3, 0.4) is 0 Å². The Kier molecular flexibility index (Phi) is 7.68. The second kappa shape index (κ2) is 10.5. The van der Waals surface area contributed by atoms with Gasteiger partial charge in [-0.15, -0.1) is 0 Å². The maximum Gasteiger partial charge on any atom is 0.152 e. The van der Waals surface area contributed by atoms with Gasteiger partial charge in [0.1, 0.15) is 0 Å². The lowest BCUT2D eigenvalue weighted by Crippen LogP contribution is -2.29. The van der Waals surface area contributed by atoms with E-state index >= 15 is 0 Å². The highest BCUT2D eigenvalue weighted by Crippen LogP contribution is 2.39. The van der Waals surface area contributed by atoms with E-state index in [4.69, 9.17) is 28.2 Å². The Hall–Kier alpha value is -2.01. The third-order valence-corrected chi connectivity index (χ3v) is 7.37. The van der Waals surface area contributed by atoms with E-state index in [-0.39, 0.29) is 15.8 Å². The summed E-state index contributed by atoms with van der Waals surface area (Å²) in [7, 11) is 4.31. The molecule has 6 heteroatoms. The molecule has 33 heavy (non-hydrogen) atoms. The van der Waals surface area contributed by atoms with Gasteiger partial charge < -0.3 is 15.3 Å². The first kappa shape index (κ1) is 24.1. The molecule has 2 atom stereocenters. The van der Waals surface area contributed by atoms with Crippen molar-refractivity contribution in [2.45, 2.75) is 51.5 Å². The molecule has 4 nitrogen and oxygen atoms in total. The number of phenols is 1. The molecule has 2 aromatic carbocycles. The monoisotopic (exact) mass is 485 g/mol. The second-order valence-corrected chi connectivity index (χ2v) is 10.3. The van der Waals surface area contributed by atoms with Gasteiger partial charge in [0.25, 0.3) is 0 Å². The number of benzene rings is 2. The van der Waals surface area contributed by atoms with Crippen molar-refractivity contribution in [3.8, 4) is 16.9 Å². The molecule has 1 aromatic heterocycles. The molecule has 0 amide bonds. The Balaban J connectivity index is 1.67. The summed E-state index contributed by atoms with van der Waals surface area (Å²) in [6.07, 6.45) is 9.20. The van der Waals surface area contributed by atoms with E-state index in [0.717, 1.165) is 40.9 Å². The molecule has 0 radical (unpaired) electrons. The van der Waals surface area contributed by atoms with Crippen LogP contribution in [0.4, 0.5) is 5.69 Å². The molecule has 4 rings (SSSR count). The molecule has 1 heterocycles. The minimum atomic E-state index is -0.0821. The van der Waals surface area contributed by atoms with Crippen LogP contribution in [0, 0.1) is 5.92 Å². The quantitative estimate of drug-likeness (QED) is 0.365. The van der Waals surface area contributed by atoms with Crippen molar-refractivity contribution >= 4 is 39.8 Å². The molecule has 3 aromatic rings.